The Hall–Kier alpha value is -1.55. The second-order valence-electron chi connectivity index (χ2n) is 3.24. The zero-order chi connectivity index (χ0) is 10.5. The molecule has 0 saturated carbocycles. The number of amidine groups is 1. The molecule has 0 unspecified atom stereocenters. The molecule has 0 radical (unpaired) electrons. The van der Waals surface area contributed by atoms with Gasteiger partial charge in [0.05, 0.1) is 20.3 Å². The molecule has 0 spiro atoms. The van der Waals surface area contributed by atoms with E-state index < -0.39 is 0 Å². The second kappa shape index (κ2) is 4.79. The van der Waals surface area contributed by atoms with E-state index in [0.29, 0.717) is 13.2 Å². The van der Waals surface area contributed by atoms with Gasteiger partial charge in [0.2, 0.25) is 0 Å². The van der Waals surface area contributed by atoms with Crippen LogP contribution < -0.4 is 10.1 Å². The van der Waals surface area contributed by atoms with E-state index in [2.05, 4.69) is 10.3 Å². The van der Waals surface area contributed by atoms with Crippen molar-refractivity contribution in [2.24, 2.45) is 4.99 Å². The van der Waals surface area contributed by atoms with Crippen LogP contribution in [0.5, 0.6) is 5.75 Å². The fourth-order valence-electron chi connectivity index (χ4n) is 1.40. The zero-order valence-electron chi connectivity index (χ0n) is 8.69. The van der Waals surface area contributed by atoms with Gasteiger partial charge in [-0.3, -0.25) is 4.99 Å². The van der Waals surface area contributed by atoms with Gasteiger partial charge in [-0.05, 0) is 12.1 Å². The largest absolute Gasteiger partial charge is 0.497 e. The van der Waals surface area contributed by atoms with Crippen LogP contribution in [0.2, 0.25) is 0 Å². The molecule has 4 heteroatoms. The van der Waals surface area contributed by atoms with Crippen LogP contribution >= 0.6 is 0 Å². The van der Waals surface area contributed by atoms with E-state index >= 15 is 0 Å². The predicted molar refractivity (Wildman–Crippen MR) is 59.7 cm³/mol. The highest BCUT2D eigenvalue weighted by Gasteiger charge is 2.05. The molecule has 1 aliphatic heterocycles. The first-order valence-electron chi connectivity index (χ1n) is 4.90. The highest BCUT2D eigenvalue weighted by Crippen LogP contribution is 2.16. The minimum Gasteiger partial charge on any atom is -0.497 e. The molecule has 1 N–H and O–H groups in total. The molecule has 1 aliphatic rings. The van der Waals surface area contributed by atoms with Crippen molar-refractivity contribution in [3.05, 3.63) is 24.3 Å². The lowest BCUT2D eigenvalue weighted by molar-refractivity contribution is 0.171. The first kappa shape index (κ1) is 9.98. The Morgan fingerprint density at radius 2 is 2.40 bits per heavy atom. The van der Waals surface area contributed by atoms with Crippen LogP contribution in [0.15, 0.2) is 29.3 Å². The third-order valence-corrected chi connectivity index (χ3v) is 2.14. The van der Waals surface area contributed by atoms with Crippen LogP contribution in [-0.2, 0) is 4.74 Å². The van der Waals surface area contributed by atoms with E-state index in [0.717, 1.165) is 23.8 Å². The molecule has 1 heterocycles. The molecule has 0 saturated heterocycles. The Kier molecular flexibility index (Phi) is 3.19. The minimum absolute atomic E-state index is 0.553. The van der Waals surface area contributed by atoms with Crippen molar-refractivity contribution in [2.45, 2.75) is 0 Å². The third-order valence-electron chi connectivity index (χ3n) is 2.14. The summed E-state index contributed by atoms with van der Waals surface area (Å²) in [5, 5.41) is 3.20. The van der Waals surface area contributed by atoms with E-state index in [1.165, 1.54) is 0 Å². The molecular weight excluding hydrogens is 192 g/mol. The molecule has 4 nitrogen and oxygen atoms in total. The van der Waals surface area contributed by atoms with E-state index in [1.54, 1.807) is 7.11 Å². The summed E-state index contributed by atoms with van der Waals surface area (Å²) in [5.74, 6) is 1.70. The number of rotatable bonds is 2. The van der Waals surface area contributed by atoms with Crippen LogP contribution in [0.25, 0.3) is 0 Å². The molecule has 80 valence electrons. The van der Waals surface area contributed by atoms with Crippen molar-refractivity contribution in [1.82, 2.24) is 0 Å². The molecule has 0 atom stereocenters. The summed E-state index contributed by atoms with van der Waals surface area (Å²) >= 11 is 0. The van der Waals surface area contributed by atoms with Crippen LogP contribution in [-0.4, -0.2) is 32.7 Å². The van der Waals surface area contributed by atoms with Gasteiger partial charge in [0.15, 0.2) is 0 Å². The SMILES string of the molecule is COc1cccc(NC2=NCCOC2)c1. The van der Waals surface area contributed by atoms with Crippen molar-refractivity contribution in [2.75, 3.05) is 32.2 Å². The minimum atomic E-state index is 0.553. The van der Waals surface area contributed by atoms with E-state index in [9.17, 15) is 0 Å². The Bertz CT molecular complexity index is 363. The molecule has 1 aromatic rings. The molecule has 2 rings (SSSR count). The monoisotopic (exact) mass is 206 g/mol. The Morgan fingerprint density at radius 3 is 3.13 bits per heavy atom. The number of hydrogen-bond donors (Lipinski definition) is 1. The van der Waals surface area contributed by atoms with Gasteiger partial charge in [-0.1, -0.05) is 6.07 Å². The average molecular weight is 206 g/mol. The van der Waals surface area contributed by atoms with Crippen molar-refractivity contribution in [3.63, 3.8) is 0 Å². The number of nitrogens with one attached hydrogen (secondary N) is 1. The Morgan fingerprint density at radius 1 is 1.47 bits per heavy atom. The highest BCUT2D eigenvalue weighted by atomic mass is 16.5. The van der Waals surface area contributed by atoms with E-state index in [4.69, 9.17) is 9.47 Å². The summed E-state index contributed by atoms with van der Waals surface area (Å²) in [6.45, 7) is 1.99. The maximum absolute atomic E-state index is 5.29. The first-order valence-corrected chi connectivity index (χ1v) is 4.90. The number of hydrogen-bond acceptors (Lipinski definition) is 4. The summed E-state index contributed by atoms with van der Waals surface area (Å²) < 4.78 is 10.4. The van der Waals surface area contributed by atoms with Crippen molar-refractivity contribution < 1.29 is 9.47 Å². The predicted octanol–water partition coefficient (Wildman–Crippen LogP) is 1.54. The third kappa shape index (κ3) is 2.70. The standard InChI is InChI=1S/C11H14N2O2/c1-14-10-4-2-3-9(7-10)13-11-8-15-6-5-12-11/h2-4,7H,5-6,8H2,1H3,(H,12,13). The number of anilines is 1. The number of aliphatic imine (C=N–C) groups is 1. The summed E-state index contributed by atoms with van der Waals surface area (Å²) in [7, 11) is 1.65. The number of benzene rings is 1. The fraction of sp³-hybridized carbons (Fsp3) is 0.364. The molecule has 0 aliphatic carbocycles. The van der Waals surface area contributed by atoms with Crippen molar-refractivity contribution in [3.8, 4) is 5.75 Å². The van der Waals surface area contributed by atoms with Crippen LogP contribution in [0.4, 0.5) is 5.69 Å². The van der Waals surface area contributed by atoms with Gasteiger partial charge in [-0.15, -0.1) is 0 Å². The molecular formula is C11H14N2O2. The topological polar surface area (TPSA) is 42.8 Å². The Labute approximate surface area is 88.9 Å². The Balaban J connectivity index is 2.06. The summed E-state index contributed by atoms with van der Waals surface area (Å²) in [4.78, 5) is 4.32. The maximum atomic E-state index is 5.29. The van der Waals surface area contributed by atoms with Gasteiger partial charge in [-0.25, -0.2) is 0 Å². The van der Waals surface area contributed by atoms with Gasteiger partial charge >= 0.3 is 0 Å². The second-order valence-corrected chi connectivity index (χ2v) is 3.24. The average Bonchev–Trinajstić information content (AvgIpc) is 2.31. The molecule has 0 amide bonds. The van der Waals surface area contributed by atoms with Crippen molar-refractivity contribution in [1.29, 1.82) is 0 Å². The summed E-state index contributed by atoms with van der Waals surface area (Å²) in [6, 6.07) is 7.74. The smallest absolute Gasteiger partial charge is 0.127 e. The molecule has 0 bridgehead atoms. The van der Waals surface area contributed by atoms with Gasteiger partial charge in [-0.2, -0.15) is 0 Å². The lowest BCUT2D eigenvalue weighted by Gasteiger charge is -2.14. The number of ether oxygens (including phenoxy) is 2. The fourth-order valence-corrected chi connectivity index (χ4v) is 1.40. The molecule has 0 aromatic heterocycles. The quantitative estimate of drug-likeness (QED) is 0.798. The van der Waals surface area contributed by atoms with Gasteiger partial charge < -0.3 is 14.8 Å². The molecule has 0 fully saturated rings. The van der Waals surface area contributed by atoms with E-state index in [1.807, 2.05) is 24.3 Å². The van der Waals surface area contributed by atoms with Gasteiger partial charge in [0.1, 0.15) is 18.2 Å². The van der Waals surface area contributed by atoms with Crippen LogP contribution in [0.3, 0.4) is 0 Å². The van der Waals surface area contributed by atoms with Gasteiger partial charge in [0.25, 0.3) is 0 Å². The zero-order valence-corrected chi connectivity index (χ0v) is 8.69. The van der Waals surface area contributed by atoms with Gasteiger partial charge in [0, 0.05) is 11.8 Å². The summed E-state index contributed by atoms with van der Waals surface area (Å²) in [6.07, 6.45) is 0. The maximum Gasteiger partial charge on any atom is 0.127 e. The molecule has 1 aromatic carbocycles. The highest BCUT2D eigenvalue weighted by molar-refractivity contribution is 5.96. The van der Waals surface area contributed by atoms with Crippen LogP contribution in [0.1, 0.15) is 0 Å². The number of methoxy groups -OCH3 is 1. The first-order chi connectivity index (χ1) is 7.38. The number of nitrogens with zero attached hydrogens (tertiary/aromatic N) is 1. The molecule has 15 heavy (non-hydrogen) atoms. The lowest BCUT2D eigenvalue weighted by Crippen LogP contribution is -2.24. The normalized spacial score (nSPS) is 15.7. The van der Waals surface area contributed by atoms with Crippen LogP contribution in [0, 0.1) is 0 Å². The van der Waals surface area contributed by atoms with Crippen molar-refractivity contribution >= 4 is 11.5 Å². The summed E-state index contributed by atoms with van der Waals surface area (Å²) in [5.41, 5.74) is 0.971. The van der Waals surface area contributed by atoms with E-state index in [-0.39, 0.29) is 0 Å². The lowest BCUT2D eigenvalue weighted by atomic mass is 10.3.